The Morgan fingerprint density at radius 1 is 1.61 bits per heavy atom. The lowest BCUT2D eigenvalue weighted by Crippen LogP contribution is -2.33. The van der Waals surface area contributed by atoms with Crippen molar-refractivity contribution in [2.45, 2.75) is 18.6 Å². The zero-order chi connectivity index (χ0) is 13.1. The summed E-state index contributed by atoms with van der Waals surface area (Å²) in [5, 5.41) is 0.728. The van der Waals surface area contributed by atoms with Crippen molar-refractivity contribution < 1.29 is 4.74 Å². The molecule has 1 fully saturated rings. The van der Waals surface area contributed by atoms with Gasteiger partial charge in [-0.1, -0.05) is 17.7 Å². The van der Waals surface area contributed by atoms with Gasteiger partial charge in [-0.05, 0) is 40.0 Å². The molecule has 0 bridgehead atoms. The monoisotopic (exact) mass is 332 g/mol. The second kappa shape index (κ2) is 6.35. The molecule has 1 heterocycles. The van der Waals surface area contributed by atoms with Gasteiger partial charge in [-0.3, -0.25) is 4.90 Å². The molecule has 0 radical (unpaired) electrons. The van der Waals surface area contributed by atoms with Crippen molar-refractivity contribution >= 4 is 27.5 Å². The lowest BCUT2D eigenvalue weighted by Gasteiger charge is -2.27. The second-order valence-electron chi connectivity index (χ2n) is 4.57. The van der Waals surface area contributed by atoms with Crippen molar-refractivity contribution in [3.8, 4) is 0 Å². The summed E-state index contributed by atoms with van der Waals surface area (Å²) in [6, 6.07) is 6.25. The number of halogens is 2. The van der Waals surface area contributed by atoms with E-state index in [1.54, 1.807) is 7.11 Å². The molecule has 2 rings (SSSR count). The molecule has 0 aromatic heterocycles. The number of methoxy groups -OCH3 is 1. The molecule has 18 heavy (non-hydrogen) atoms. The summed E-state index contributed by atoms with van der Waals surface area (Å²) in [5.74, 6) is 0. The van der Waals surface area contributed by atoms with Gasteiger partial charge in [0.1, 0.15) is 0 Å². The van der Waals surface area contributed by atoms with E-state index < -0.39 is 0 Å². The molecule has 1 aliphatic rings. The van der Waals surface area contributed by atoms with Crippen LogP contribution in [0.15, 0.2) is 22.7 Å². The Kier molecular flexibility index (Phi) is 5.04. The number of benzene rings is 1. The highest BCUT2D eigenvalue weighted by Crippen LogP contribution is 2.30. The van der Waals surface area contributed by atoms with Crippen LogP contribution in [-0.4, -0.2) is 37.7 Å². The summed E-state index contributed by atoms with van der Waals surface area (Å²) in [7, 11) is 1.77. The van der Waals surface area contributed by atoms with Crippen molar-refractivity contribution in [1.82, 2.24) is 4.90 Å². The lowest BCUT2D eigenvalue weighted by molar-refractivity contribution is 0.101. The number of hydrogen-bond donors (Lipinski definition) is 1. The van der Waals surface area contributed by atoms with E-state index in [1.807, 2.05) is 12.1 Å². The first-order chi connectivity index (χ1) is 8.65. The van der Waals surface area contributed by atoms with Crippen LogP contribution < -0.4 is 5.73 Å². The van der Waals surface area contributed by atoms with Crippen LogP contribution in [0.25, 0.3) is 0 Å². The van der Waals surface area contributed by atoms with E-state index in [0.29, 0.717) is 12.6 Å². The Balaban J connectivity index is 2.15. The highest BCUT2D eigenvalue weighted by atomic mass is 79.9. The first kappa shape index (κ1) is 14.3. The number of nitrogens with two attached hydrogens (primary N) is 1. The normalized spacial score (nSPS) is 22.3. The first-order valence-corrected chi connectivity index (χ1v) is 7.24. The third-order valence-electron chi connectivity index (χ3n) is 3.50. The number of rotatable bonds is 4. The van der Waals surface area contributed by atoms with E-state index in [4.69, 9.17) is 22.1 Å². The van der Waals surface area contributed by atoms with Gasteiger partial charge < -0.3 is 10.5 Å². The summed E-state index contributed by atoms with van der Waals surface area (Å²) in [4.78, 5) is 2.38. The van der Waals surface area contributed by atoms with Crippen LogP contribution in [0.5, 0.6) is 0 Å². The maximum Gasteiger partial charge on any atom is 0.0710 e. The third-order valence-corrected chi connectivity index (χ3v) is 4.72. The summed E-state index contributed by atoms with van der Waals surface area (Å²) in [6.07, 6.45) is 1.40. The molecule has 100 valence electrons. The standard InChI is InChI=1S/C13H18BrClN2O/c1-18-10-4-5-17(8-10)13(7-16)9-2-3-12(15)11(14)6-9/h2-3,6,10,13H,4-5,7-8,16H2,1H3. The molecule has 2 unspecified atom stereocenters. The lowest BCUT2D eigenvalue weighted by atomic mass is 10.1. The predicted molar refractivity (Wildman–Crippen MR) is 77.9 cm³/mol. The summed E-state index contributed by atoms with van der Waals surface area (Å²) < 4.78 is 6.32. The highest BCUT2D eigenvalue weighted by molar-refractivity contribution is 9.10. The fourth-order valence-corrected chi connectivity index (χ4v) is 2.96. The van der Waals surface area contributed by atoms with Crippen LogP contribution in [0.4, 0.5) is 0 Å². The number of likely N-dealkylation sites (tertiary alicyclic amines) is 1. The number of ether oxygens (including phenoxy) is 1. The predicted octanol–water partition coefficient (Wildman–Crippen LogP) is 2.82. The number of nitrogens with zero attached hydrogens (tertiary/aromatic N) is 1. The van der Waals surface area contributed by atoms with Crippen molar-refractivity contribution in [2.24, 2.45) is 5.73 Å². The van der Waals surface area contributed by atoms with Crippen LogP contribution >= 0.6 is 27.5 Å². The van der Waals surface area contributed by atoms with E-state index in [2.05, 4.69) is 26.9 Å². The Morgan fingerprint density at radius 3 is 2.94 bits per heavy atom. The zero-order valence-corrected chi connectivity index (χ0v) is 12.7. The minimum Gasteiger partial charge on any atom is -0.380 e. The van der Waals surface area contributed by atoms with Gasteiger partial charge in [0.15, 0.2) is 0 Å². The average molecular weight is 334 g/mol. The zero-order valence-electron chi connectivity index (χ0n) is 10.4. The topological polar surface area (TPSA) is 38.5 Å². The fraction of sp³-hybridized carbons (Fsp3) is 0.538. The summed E-state index contributed by atoms with van der Waals surface area (Å²) >= 11 is 9.48. The Hall–Kier alpha value is -0.130. The molecule has 1 aromatic rings. The van der Waals surface area contributed by atoms with Gasteiger partial charge in [-0.15, -0.1) is 0 Å². The van der Waals surface area contributed by atoms with Gasteiger partial charge in [0.2, 0.25) is 0 Å². The van der Waals surface area contributed by atoms with Crippen molar-refractivity contribution in [3.05, 3.63) is 33.3 Å². The molecule has 2 N–H and O–H groups in total. The van der Waals surface area contributed by atoms with Gasteiger partial charge in [0.05, 0.1) is 11.1 Å². The molecule has 5 heteroatoms. The molecular formula is C13H18BrClN2O. The molecule has 3 nitrogen and oxygen atoms in total. The smallest absolute Gasteiger partial charge is 0.0710 e. The van der Waals surface area contributed by atoms with Crippen LogP contribution in [0.3, 0.4) is 0 Å². The molecule has 0 aliphatic carbocycles. The fourth-order valence-electron chi connectivity index (χ4n) is 2.45. The Bertz CT molecular complexity index is 416. The molecule has 1 saturated heterocycles. The van der Waals surface area contributed by atoms with E-state index in [0.717, 1.165) is 29.0 Å². The van der Waals surface area contributed by atoms with Crippen LogP contribution in [-0.2, 0) is 4.74 Å². The maximum atomic E-state index is 6.02. The Morgan fingerprint density at radius 2 is 2.39 bits per heavy atom. The molecule has 1 aliphatic heterocycles. The van der Waals surface area contributed by atoms with Crippen molar-refractivity contribution in [2.75, 3.05) is 26.7 Å². The van der Waals surface area contributed by atoms with E-state index >= 15 is 0 Å². The van der Waals surface area contributed by atoms with Crippen molar-refractivity contribution in [3.63, 3.8) is 0 Å². The van der Waals surface area contributed by atoms with Gasteiger partial charge in [-0.25, -0.2) is 0 Å². The number of hydrogen-bond acceptors (Lipinski definition) is 3. The summed E-state index contributed by atoms with van der Waals surface area (Å²) in [6.45, 7) is 2.57. The summed E-state index contributed by atoms with van der Waals surface area (Å²) in [5.41, 5.74) is 7.13. The van der Waals surface area contributed by atoms with Gasteiger partial charge in [0.25, 0.3) is 0 Å². The van der Waals surface area contributed by atoms with Crippen molar-refractivity contribution in [1.29, 1.82) is 0 Å². The van der Waals surface area contributed by atoms with E-state index in [1.165, 1.54) is 5.56 Å². The maximum absolute atomic E-state index is 6.02. The SMILES string of the molecule is COC1CCN(C(CN)c2ccc(Cl)c(Br)c2)C1. The van der Waals surface area contributed by atoms with E-state index in [-0.39, 0.29) is 6.04 Å². The molecule has 2 atom stereocenters. The third kappa shape index (κ3) is 3.06. The van der Waals surface area contributed by atoms with Gasteiger partial charge >= 0.3 is 0 Å². The molecule has 0 saturated carbocycles. The Labute approximate surface area is 121 Å². The van der Waals surface area contributed by atoms with E-state index in [9.17, 15) is 0 Å². The molecule has 0 amide bonds. The van der Waals surface area contributed by atoms with Crippen LogP contribution in [0.2, 0.25) is 5.02 Å². The minimum absolute atomic E-state index is 0.235. The largest absolute Gasteiger partial charge is 0.380 e. The van der Waals surface area contributed by atoms with Gasteiger partial charge in [0, 0.05) is 37.3 Å². The van der Waals surface area contributed by atoms with Crippen LogP contribution in [0.1, 0.15) is 18.0 Å². The van der Waals surface area contributed by atoms with Gasteiger partial charge in [-0.2, -0.15) is 0 Å². The molecular weight excluding hydrogens is 316 g/mol. The van der Waals surface area contributed by atoms with Crippen LogP contribution in [0, 0.1) is 0 Å². The second-order valence-corrected chi connectivity index (χ2v) is 5.83. The molecule has 1 aromatic carbocycles. The minimum atomic E-state index is 0.235. The molecule has 0 spiro atoms. The quantitative estimate of drug-likeness (QED) is 0.921. The average Bonchev–Trinajstić information content (AvgIpc) is 2.83. The highest BCUT2D eigenvalue weighted by Gasteiger charge is 2.28. The first-order valence-electron chi connectivity index (χ1n) is 6.07.